The summed E-state index contributed by atoms with van der Waals surface area (Å²) >= 11 is 0. The summed E-state index contributed by atoms with van der Waals surface area (Å²) in [7, 11) is 1.93. The number of hydrogen-bond donors (Lipinski definition) is 2. The molecule has 0 aromatic carbocycles. The summed E-state index contributed by atoms with van der Waals surface area (Å²) in [6.45, 7) is 5.20. The monoisotopic (exact) mass is 278 g/mol. The largest absolute Gasteiger partial charge is 0.352 e. The van der Waals surface area contributed by atoms with Gasteiger partial charge in [-0.1, -0.05) is 12.8 Å². The van der Waals surface area contributed by atoms with Crippen molar-refractivity contribution in [2.75, 3.05) is 6.54 Å². The van der Waals surface area contributed by atoms with Gasteiger partial charge in [0.15, 0.2) is 0 Å². The summed E-state index contributed by atoms with van der Waals surface area (Å²) in [5, 5.41) is 7.46. The topological polar surface area (TPSA) is 72.9 Å². The van der Waals surface area contributed by atoms with Gasteiger partial charge in [0, 0.05) is 30.8 Å². The van der Waals surface area contributed by atoms with Gasteiger partial charge in [-0.05, 0) is 39.2 Å². The van der Waals surface area contributed by atoms with Gasteiger partial charge in [0.1, 0.15) is 0 Å². The number of amides is 1. The Bertz CT molecular complexity index is 480. The zero-order chi connectivity index (χ0) is 14.7. The van der Waals surface area contributed by atoms with Crippen LogP contribution in [0.5, 0.6) is 0 Å². The summed E-state index contributed by atoms with van der Waals surface area (Å²) < 4.78 is 1.86. The van der Waals surface area contributed by atoms with Crippen molar-refractivity contribution in [1.29, 1.82) is 0 Å². The predicted molar refractivity (Wildman–Crippen MR) is 79.0 cm³/mol. The molecule has 0 saturated heterocycles. The first-order valence-corrected chi connectivity index (χ1v) is 7.51. The minimum Gasteiger partial charge on any atom is -0.352 e. The van der Waals surface area contributed by atoms with Gasteiger partial charge in [-0.15, -0.1) is 0 Å². The fraction of sp³-hybridized carbons (Fsp3) is 0.733. The SMILES string of the molecule is Cc1nn(C)c(C)c1CNC(=O)C1CCCCC1CN. The van der Waals surface area contributed by atoms with E-state index in [0.717, 1.165) is 36.2 Å². The van der Waals surface area contributed by atoms with Crippen LogP contribution in [0, 0.1) is 25.7 Å². The molecular weight excluding hydrogens is 252 g/mol. The number of aryl methyl sites for hydroxylation is 2. The van der Waals surface area contributed by atoms with E-state index in [4.69, 9.17) is 5.73 Å². The van der Waals surface area contributed by atoms with Gasteiger partial charge in [-0.2, -0.15) is 5.10 Å². The predicted octanol–water partition coefficient (Wildman–Crippen LogP) is 1.42. The lowest BCUT2D eigenvalue weighted by atomic mass is 9.79. The lowest BCUT2D eigenvalue weighted by Gasteiger charge is -2.29. The Morgan fingerprint density at radius 1 is 1.40 bits per heavy atom. The third kappa shape index (κ3) is 3.03. The average Bonchev–Trinajstić information content (AvgIpc) is 2.70. The maximum Gasteiger partial charge on any atom is 0.223 e. The van der Waals surface area contributed by atoms with Gasteiger partial charge < -0.3 is 11.1 Å². The van der Waals surface area contributed by atoms with Crippen LogP contribution in [0.1, 0.15) is 42.6 Å². The zero-order valence-electron chi connectivity index (χ0n) is 12.8. The lowest BCUT2D eigenvalue weighted by molar-refractivity contribution is -0.127. The summed E-state index contributed by atoms with van der Waals surface area (Å²) in [5.74, 6) is 0.591. The molecule has 0 radical (unpaired) electrons. The Labute approximate surface area is 120 Å². The summed E-state index contributed by atoms with van der Waals surface area (Å²) in [6, 6.07) is 0. The second kappa shape index (κ2) is 6.39. The molecule has 1 aliphatic rings. The zero-order valence-corrected chi connectivity index (χ0v) is 12.8. The molecule has 3 N–H and O–H groups in total. The Morgan fingerprint density at radius 2 is 2.10 bits per heavy atom. The Balaban J connectivity index is 1.97. The van der Waals surface area contributed by atoms with Crippen molar-refractivity contribution in [2.24, 2.45) is 24.6 Å². The highest BCUT2D eigenvalue weighted by molar-refractivity contribution is 5.79. The van der Waals surface area contributed by atoms with Crippen LogP contribution in [-0.2, 0) is 18.4 Å². The molecule has 0 aliphatic heterocycles. The van der Waals surface area contributed by atoms with Crippen LogP contribution < -0.4 is 11.1 Å². The van der Waals surface area contributed by atoms with Crippen molar-refractivity contribution in [1.82, 2.24) is 15.1 Å². The first-order valence-electron chi connectivity index (χ1n) is 7.51. The van der Waals surface area contributed by atoms with Crippen molar-refractivity contribution in [3.63, 3.8) is 0 Å². The molecule has 0 spiro atoms. The molecule has 1 heterocycles. The fourth-order valence-corrected chi connectivity index (χ4v) is 3.21. The van der Waals surface area contributed by atoms with Crippen LogP contribution in [-0.4, -0.2) is 22.2 Å². The van der Waals surface area contributed by atoms with Gasteiger partial charge in [0.2, 0.25) is 5.91 Å². The van der Waals surface area contributed by atoms with Crippen LogP contribution in [0.4, 0.5) is 0 Å². The second-order valence-corrected chi connectivity index (χ2v) is 5.88. The highest BCUT2D eigenvalue weighted by Gasteiger charge is 2.29. The van der Waals surface area contributed by atoms with Crippen molar-refractivity contribution >= 4 is 5.91 Å². The minimum atomic E-state index is 0.0889. The number of nitrogens with two attached hydrogens (primary N) is 1. The van der Waals surface area contributed by atoms with Crippen molar-refractivity contribution in [2.45, 2.75) is 46.1 Å². The number of hydrogen-bond acceptors (Lipinski definition) is 3. The van der Waals surface area contributed by atoms with Gasteiger partial charge in [-0.3, -0.25) is 9.48 Å². The van der Waals surface area contributed by atoms with Crippen LogP contribution in [0.25, 0.3) is 0 Å². The third-order valence-corrected chi connectivity index (χ3v) is 4.65. The Hall–Kier alpha value is -1.36. The summed E-state index contributed by atoms with van der Waals surface area (Å²) in [6.07, 6.45) is 4.39. The lowest BCUT2D eigenvalue weighted by Crippen LogP contribution is -2.39. The van der Waals surface area contributed by atoms with Gasteiger partial charge >= 0.3 is 0 Å². The number of carbonyl (C=O) groups is 1. The van der Waals surface area contributed by atoms with E-state index in [1.54, 1.807) is 0 Å². The van der Waals surface area contributed by atoms with E-state index in [9.17, 15) is 4.79 Å². The summed E-state index contributed by atoms with van der Waals surface area (Å²) in [5.41, 5.74) is 9.03. The van der Waals surface area contributed by atoms with Crippen LogP contribution in [0.15, 0.2) is 0 Å². The smallest absolute Gasteiger partial charge is 0.223 e. The minimum absolute atomic E-state index is 0.0889. The molecule has 5 nitrogen and oxygen atoms in total. The van der Waals surface area contributed by atoms with E-state index >= 15 is 0 Å². The standard InChI is InChI=1S/C15H26N4O/c1-10-14(11(2)19(3)18-10)9-17-15(20)13-7-5-4-6-12(13)8-16/h12-13H,4-9,16H2,1-3H3,(H,17,20). The van der Waals surface area contributed by atoms with E-state index in [2.05, 4.69) is 10.4 Å². The van der Waals surface area contributed by atoms with Crippen LogP contribution >= 0.6 is 0 Å². The normalized spacial score (nSPS) is 22.8. The number of nitrogens with zero attached hydrogens (tertiary/aromatic N) is 2. The second-order valence-electron chi connectivity index (χ2n) is 5.88. The van der Waals surface area contributed by atoms with Crippen molar-refractivity contribution < 1.29 is 4.79 Å². The van der Waals surface area contributed by atoms with Gasteiger partial charge in [0.25, 0.3) is 0 Å². The highest BCUT2D eigenvalue weighted by atomic mass is 16.1. The molecule has 112 valence electrons. The molecule has 2 rings (SSSR count). The molecule has 1 aliphatic carbocycles. The van der Waals surface area contributed by atoms with Crippen LogP contribution in [0.2, 0.25) is 0 Å². The first-order chi connectivity index (χ1) is 9.54. The number of rotatable bonds is 4. The molecule has 1 fully saturated rings. The quantitative estimate of drug-likeness (QED) is 0.875. The molecule has 1 aromatic rings. The molecule has 1 saturated carbocycles. The molecular formula is C15H26N4O. The molecule has 0 bridgehead atoms. The van der Waals surface area contributed by atoms with Gasteiger partial charge in [-0.25, -0.2) is 0 Å². The van der Waals surface area contributed by atoms with Crippen molar-refractivity contribution in [3.05, 3.63) is 17.0 Å². The molecule has 20 heavy (non-hydrogen) atoms. The van der Waals surface area contributed by atoms with E-state index in [1.807, 2.05) is 25.6 Å². The molecule has 2 unspecified atom stereocenters. The van der Waals surface area contributed by atoms with E-state index in [1.165, 1.54) is 6.42 Å². The number of nitrogens with one attached hydrogen (secondary N) is 1. The van der Waals surface area contributed by atoms with E-state index in [-0.39, 0.29) is 11.8 Å². The van der Waals surface area contributed by atoms with Gasteiger partial charge in [0.05, 0.1) is 5.69 Å². The first kappa shape index (κ1) is 15.0. The fourth-order valence-electron chi connectivity index (χ4n) is 3.21. The Kier molecular flexibility index (Phi) is 4.81. The molecule has 5 heteroatoms. The van der Waals surface area contributed by atoms with Crippen molar-refractivity contribution in [3.8, 4) is 0 Å². The number of aromatic nitrogens is 2. The average molecular weight is 278 g/mol. The Morgan fingerprint density at radius 3 is 2.70 bits per heavy atom. The summed E-state index contributed by atoms with van der Waals surface area (Å²) in [4.78, 5) is 12.4. The third-order valence-electron chi connectivity index (χ3n) is 4.65. The maximum absolute atomic E-state index is 12.4. The highest BCUT2D eigenvalue weighted by Crippen LogP contribution is 2.29. The van der Waals surface area contributed by atoms with E-state index < -0.39 is 0 Å². The van der Waals surface area contributed by atoms with Crippen LogP contribution in [0.3, 0.4) is 0 Å². The molecule has 1 amide bonds. The maximum atomic E-state index is 12.4. The van der Waals surface area contributed by atoms with E-state index in [0.29, 0.717) is 19.0 Å². The molecule has 1 aromatic heterocycles. The number of carbonyl (C=O) groups excluding carboxylic acids is 1. The molecule has 2 atom stereocenters.